The van der Waals surface area contributed by atoms with Crippen LogP contribution < -0.4 is 9.68 Å². The van der Waals surface area contributed by atoms with Crippen molar-refractivity contribution in [1.82, 2.24) is 19.9 Å². The van der Waals surface area contributed by atoms with Gasteiger partial charge in [-0.2, -0.15) is 0 Å². The zero-order valence-electron chi connectivity index (χ0n) is 18.8. The summed E-state index contributed by atoms with van der Waals surface area (Å²) in [5.41, 5.74) is 2.97. The van der Waals surface area contributed by atoms with E-state index in [2.05, 4.69) is 10.2 Å². The molecule has 0 spiro atoms. The fourth-order valence-corrected chi connectivity index (χ4v) is 3.32. The molecular formula is C23H20N6O7. The number of Topliss-reactive ketones (excluding diaryl/α,β-unsaturated/α-hetero) is 1. The van der Waals surface area contributed by atoms with Gasteiger partial charge in [-0.25, -0.2) is 0 Å². The van der Waals surface area contributed by atoms with Crippen LogP contribution >= 0.6 is 0 Å². The van der Waals surface area contributed by atoms with Crippen LogP contribution in [0.2, 0.25) is 0 Å². The molecule has 36 heavy (non-hydrogen) atoms. The molecule has 13 heteroatoms. The predicted octanol–water partition coefficient (Wildman–Crippen LogP) is 2.20. The monoisotopic (exact) mass is 492 g/mol. The summed E-state index contributed by atoms with van der Waals surface area (Å²) in [5.74, 6) is -0.358. The lowest BCUT2D eigenvalue weighted by atomic mass is 10.1. The number of nitro groups is 2. The van der Waals surface area contributed by atoms with E-state index in [1.807, 2.05) is 0 Å². The number of carbonyl (C=O) groups is 1. The Morgan fingerprint density at radius 1 is 0.694 bits per heavy atom. The van der Waals surface area contributed by atoms with E-state index in [4.69, 9.17) is 9.68 Å². The first-order valence-corrected chi connectivity index (χ1v) is 10.7. The summed E-state index contributed by atoms with van der Waals surface area (Å²) in [6.45, 7) is -0.595. The molecule has 2 aromatic carbocycles. The summed E-state index contributed by atoms with van der Waals surface area (Å²) in [7, 11) is 0. The van der Waals surface area contributed by atoms with E-state index in [9.17, 15) is 25.0 Å². The molecule has 0 saturated heterocycles. The van der Waals surface area contributed by atoms with Crippen LogP contribution in [0.3, 0.4) is 0 Å². The Bertz CT molecular complexity index is 1260. The number of ketones is 1. The minimum Gasteiger partial charge on any atom is -0.388 e. The van der Waals surface area contributed by atoms with Gasteiger partial charge in [0.25, 0.3) is 11.4 Å². The van der Waals surface area contributed by atoms with Crippen molar-refractivity contribution in [3.63, 3.8) is 0 Å². The lowest BCUT2D eigenvalue weighted by Gasteiger charge is -2.11. The topological polar surface area (TPSA) is 157 Å². The molecule has 0 saturated carbocycles. The third kappa shape index (κ3) is 6.08. The van der Waals surface area contributed by atoms with Gasteiger partial charge in [0.15, 0.2) is 13.2 Å². The summed E-state index contributed by atoms with van der Waals surface area (Å²) in [4.78, 5) is 46.4. The Labute approximate surface area is 203 Å². The minimum absolute atomic E-state index is 0.00203. The van der Waals surface area contributed by atoms with E-state index < -0.39 is 9.85 Å². The highest BCUT2D eigenvalue weighted by molar-refractivity contribution is 5.80. The Morgan fingerprint density at radius 3 is 1.44 bits per heavy atom. The maximum atomic E-state index is 12.3. The Kier molecular flexibility index (Phi) is 7.29. The fourth-order valence-electron chi connectivity index (χ4n) is 3.32. The Hall–Kier alpha value is -5.07. The van der Waals surface area contributed by atoms with Crippen LogP contribution in [0.5, 0.6) is 0 Å². The van der Waals surface area contributed by atoms with Crippen molar-refractivity contribution in [2.75, 3.05) is 13.2 Å². The van der Waals surface area contributed by atoms with Crippen molar-refractivity contribution < 1.29 is 24.3 Å². The zero-order chi connectivity index (χ0) is 25.5. The van der Waals surface area contributed by atoms with Gasteiger partial charge in [0.05, 0.1) is 33.6 Å². The van der Waals surface area contributed by atoms with Gasteiger partial charge in [-0.15, -0.1) is 19.9 Å². The highest BCUT2D eigenvalue weighted by atomic mass is 16.7. The quantitative estimate of drug-likeness (QED) is 0.213. The summed E-state index contributed by atoms with van der Waals surface area (Å²) in [5, 5.41) is 29.7. The van der Waals surface area contributed by atoms with E-state index >= 15 is 0 Å². The van der Waals surface area contributed by atoms with Crippen LogP contribution in [0.4, 0.5) is 11.4 Å². The van der Waals surface area contributed by atoms with Gasteiger partial charge in [-0.05, 0) is 23.3 Å². The van der Waals surface area contributed by atoms with Crippen LogP contribution in [0.25, 0.3) is 0 Å². The first-order valence-electron chi connectivity index (χ1n) is 10.7. The van der Waals surface area contributed by atoms with Gasteiger partial charge in [-0.3, -0.25) is 25.0 Å². The maximum Gasteiger partial charge on any atom is 0.269 e. The van der Waals surface area contributed by atoms with Crippen LogP contribution in [0.15, 0.2) is 73.1 Å². The molecule has 184 valence electrons. The number of non-ortho nitro benzene ring substituents is 2. The molecule has 13 nitrogen and oxygen atoms in total. The average Bonchev–Trinajstić information content (AvgIpc) is 3.51. The van der Waals surface area contributed by atoms with E-state index in [1.165, 1.54) is 46.3 Å². The molecule has 2 heterocycles. The third-order valence-corrected chi connectivity index (χ3v) is 5.13. The smallest absolute Gasteiger partial charge is 0.269 e. The molecule has 0 aliphatic rings. The summed E-state index contributed by atoms with van der Waals surface area (Å²) in [6, 6.07) is 15.7. The third-order valence-electron chi connectivity index (χ3n) is 5.13. The number of aromatic nitrogens is 4. The summed E-state index contributed by atoms with van der Waals surface area (Å²) in [6.07, 6.45) is 3.86. The molecule has 0 unspecified atom stereocenters. The molecule has 0 N–H and O–H groups in total. The lowest BCUT2D eigenvalue weighted by Crippen LogP contribution is -2.29. The number of rotatable bonds is 12. The summed E-state index contributed by atoms with van der Waals surface area (Å²) < 4.78 is 0. The highest BCUT2D eigenvalue weighted by Crippen LogP contribution is 2.16. The van der Waals surface area contributed by atoms with Crippen molar-refractivity contribution in [2.24, 2.45) is 0 Å². The lowest BCUT2D eigenvalue weighted by molar-refractivity contribution is -0.385. The van der Waals surface area contributed by atoms with E-state index in [-0.39, 0.29) is 30.4 Å². The second-order valence-electron chi connectivity index (χ2n) is 7.68. The fraction of sp³-hybridized carbons (Fsp3) is 0.174. The number of nitro benzene ring substituents is 2. The summed E-state index contributed by atoms with van der Waals surface area (Å²) >= 11 is 0. The molecule has 0 aliphatic carbocycles. The van der Waals surface area contributed by atoms with Gasteiger partial charge < -0.3 is 9.68 Å². The first kappa shape index (κ1) is 24.1. The standard InChI is InChI=1S/C23H20N6O7/c30-23(15-35-26-21(9-11-24-26)13-17-1-5-19(6-2-17)28(31)32)16-36-27-22(10-12-25-27)14-18-3-7-20(8-4-18)29(33)34/h1-12H,13-16H2. The molecule has 0 atom stereocenters. The molecule has 2 aromatic heterocycles. The van der Waals surface area contributed by atoms with Gasteiger partial charge >= 0.3 is 0 Å². The van der Waals surface area contributed by atoms with Crippen molar-refractivity contribution in [3.8, 4) is 0 Å². The number of carbonyl (C=O) groups excluding carboxylic acids is 1. The van der Waals surface area contributed by atoms with E-state index in [1.54, 1.807) is 36.4 Å². The second-order valence-corrected chi connectivity index (χ2v) is 7.68. The van der Waals surface area contributed by atoms with Gasteiger partial charge in [0, 0.05) is 37.1 Å². The van der Waals surface area contributed by atoms with Gasteiger partial charge in [-0.1, -0.05) is 24.3 Å². The van der Waals surface area contributed by atoms with Crippen molar-refractivity contribution in [1.29, 1.82) is 0 Å². The van der Waals surface area contributed by atoms with Crippen LogP contribution in [0.1, 0.15) is 22.5 Å². The molecular weight excluding hydrogens is 472 g/mol. The molecule has 0 amide bonds. The van der Waals surface area contributed by atoms with Crippen LogP contribution in [-0.2, 0) is 17.6 Å². The van der Waals surface area contributed by atoms with Crippen molar-refractivity contribution in [2.45, 2.75) is 12.8 Å². The number of hydrogen-bond acceptors (Lipinski definition) is 9. The van der Waals surface area contributed by atoms with Gasteiger partial charge in [0.1, 0.15) is 0 Å². The average molecular weight is 492 g/mol. The SMILES string of the molecule is O=C(COn1nccc1Cc1ccc([N+](=O)[O-])cc1)COn1nccc1Cc1ccc([N+](=O)[O-])cc1. The normalized spacial score (nSPS) is 10.7. The Morgan fingerprint density at radius 2 is 1.08 bits per heavy atom. The van der Waals surface area contributed by atoms with Crippen molar-refractivity contribution in [3.05, 3.63) is 116 Å². The number of benzene rings is 2. The number of hydrogen-bond donors (Lipinski definition) is 0. The molecule has 0 aliphatic heterocycles. The van der Waals surface area contributed by atoms with Crippen LogP contribution in [-0.4, -0.2) is 48.7 Å². The maximum absolute atomic E-state index is 12.3. The Balaban J connectivity index is 1.28. The minimum atomic E-state index is -0.466. The zero-order valence-corrected chi connectivity index (χ0v) is 18.8. The molecule has 0 fully saturated rings. The van der Waals surface area contributed by atoms with E-state index in [0.29, 0.717) is 24.2 Å². The first-order chi connectivity index (χ1) is 17.4. The molecule has 0 radical (unpaired) electrons. The van der Waals surface area contributed by atoms with E-state index in [0.717, 1.165) is 11.1 Å². The van der Waals surface area contributed by atoms with Gasteiger partial charge in [0.2, 0.25) is 5.78 Å². The predicted molar refractivity (Wildman–Crippen MR) is 124 cm³/mol. The molecule has 0 bridgehead atoms. The highest BCUT2D eigenvalue weighted by Gasteiger charge is 2.12. The van der Waals surface area contributed by atoms with Crippen LogP contribution in [0, 0.1) is 20.2 Å². The molecule has 4 rings (SSSR count). The second kappa shape index (κ2) is 10.9. The van der Waals surface area contributed by atoms with Crippen molar-refractivity contribution >= 4 is 17.2 Å². The largest absolute Gasteiger partial charge is 0.388 e. The molecule has 4 aromatic rings. The number of nitrogens with zero attached hydrogens (tertiary/aromatic N) is 6.